The molecule has 1 aliphatic carbocycles. The number of aromatic hydroxyl groups is 1. The van der Waals surface area contributed by atoms with Gasteiger partial charge in [0.1, 0.15) is 5.75 Å². The van der Waals surface area contributed by atoms with Crippen LogP contribution in [0.2, 0.25) is 0 Å². The molecular formula is C24H27N3O2. The molecule has 5 heteroatoms. The maximum Gasteiger partial charge on any atom is 0.254 e. The van der Waals surface area contributed by atoms with Crippen LogP contribution in [-0.2, 0) is 11.8 Å². The molecule has 2 aromatic carbocycles. The minimum atomic E-state index is 0.0376. The molecule has 3 aromatic rings. The number of hydrogen-bond donors (Lipinski definition) is 2. The van der Waals surface area contributed by atoms with E-state index < -0.39 is 0 Å². The number of H-pyrrole nitrogens is 1. The second-order valence-corrected chi connectivity index (χ2v) is 8.52. The number of imidazole rings is 1. The average molecular weight is 389 g/mol. The number of phenols is 1. The third-order valence-corrected chi connectivity index (χ3v) is 7.43. The molecule has 1 aromatic heterocycles. The molecule has 2 heterocycles. The number of aromatic nitrogens is 2. The van der Waals surface area contributed by atoms with Gasteiger partial charge in [-0.2, -0.15) is 0 Å². The predicted molar refractivity (Wildman–Crippen MR) is 113 cm³/mol. The number of hydrogen-bond acceptors (Lipinski definition) is 3. The molecule has 1 aliphatic heterocycles. The number of phenolic OH excluding ortho intramolecular Hbond substituents is 1. The maximum absolute atomic E-state index is 13.5. The first kappa shape index (κ1) is 18.2. The highest BCUT2D eigenvalue weighted by Gasteiger charge is 2.52. The highest BCUT2D eigenvalue weighted by Crippen LogP contribution is 2.53. The Labute approximate surface area is 170 Å². The minimum absolute atomic E-state index is 0.0376. The molecule has 5 nitrogen and oxygen atoms in total. The zero-order valence-corrected chi connectivity index (χ0v) is 17.0. The van der Waals surface area contributed by atoms with Crippen LogP contribution in [0.4, 0.5) is 0 Å². The molecule has 2 bridgehead atoms. The summed E-state index contributed by atoms with van der Waals surface area (Å²) in [5.41, 5.74) is 5.11. The van der Waals surface area contributed by atoms with Crippen LogP contribution in [0.5, 0.6) is 5.75 Å². The van der Waals surface area contributed by atoms with E-state index in [2.05, 4.69) is 34.8 Å². The minimum Gasteiger partial charge on any atom is -0.508 e. The van der Waals surface area contributed by atoms with Crippen molar-refractivity contribution >= 4 is 16.9 Å². The van der Waals surface area contributed by atoms with Crippen molar-refractivity contribution in [3.8, 4) is 5.75 Å². The molecule has 0 saturated carbocycles. The zero-order valence-electron chi connectivity index (χ0n) is 17.0. The summed E-state index contributed by atoms with van der Waals surface area (Å²) in [6.45, 7) is 5.24. The van der Waals surface area contributed by atoms with Crippen LogP contribution in [-0.4, -0.2) is 38.5 Å². The molecular weight excluding hydrogens is 362 g/mol. The lowest BCUT2D eigenvalue weighted by atomic mass is 9.55. The summed E-state index contributed by atoms with van der Waals surface area (Å²) < 4.78 is 0. The van der Waals surface area contributed by atoms with Gasteiger partial charge in [0.2, 0.25) is 0 Å². The number of benzene rings is 2. The smallest absolute Gasteiger partial charge is 0.254 e. The largest absolute Gasteiger partial charge is 0.508 e. The second-order valence-electron chi connectivity index (χ2n) is 8.52. The highest BCUT2D eigenvalue weighted by molar-refractivity contribution is 5.97. The molecule has 2 aliphatic rings. The lowest BCUT2D eigenvalue weighted by Crippen LogP contribution is -2.61. The van der Waals surface area contributed by atoms with Gasteiger partial charge in [0, 0.05) is 23.6 Å². The number of rotatable bonds is 3. The van der Waals surface area contributed by atoms with Crippen molar-refractivity contribution in [3.05, 3.63) is 59.4 Å². The fourth-order valence-corrected chi connectivity index (χ4v) is 6.05. The number of fused-ring (bicyclic) bond motifs is 5. The predicted octanol–water partition coefficient (Wildman–Crippen LogP) is 4.41. The van der Waals surface area contributed by atoms with Gasteiger partial charge in [-0.15, -0.1) is 0 Å². The van der Waals surface area contributed by atoms with Gasteiger partial charge in [-0.25, -0.2) is 4.98 Å². The van der Waals surface area contributed by atoms with E-state index in [0.717, 1.165) is 48.8 Å². The average Bonchev–Trinajstić information content (AvgIpc) is 3.21. The Morgan fingerprint density at radius 3 is 2.93 bits per heavy atom. The van der Waals surface area contributed by atoms with Gasteiger partial charge in [0.15, 0.2) is 0 Å². The summed E-state index contributed by atoms with van der Waals surface area (Å²) in [7, 11) is 0. The monoisotopic (exact) mass is 389 g/mol. The lowest BCUT2D eigenvalue weighted by Gasteiger charge is -2.56. The van der Waals surface area contributed by atoms with Crippen LogP contribution in [0.1, 0.15) is 54.6 Å². The quantitative estimate of drug-likeness (QED) is 0.697. The Hall–Kier alpha value is -2.82. The van der Waals surface area contributed by atoms with Gasteiger partial charge < -0.3 is 15.0 Å². The van der Waals surface area contributed by atoms with Gasteiger partial charge in [-0.1, -0.05) is 26.3 Å². The van der Waals surface area contributed by atoms with E-state index >= 15 is 0 Å². The Balaban J connectivity index is 1.56. The van der Waals surface area contributed by atoms with Crippen LogP contribution in [0.25, 0.3) is 11.0 Å². The standard InChI is InChI=1S/C24H27N3O2/c1-3-18-22-12-15-5-7-17(28)13-19(15)24(18,4-2)9-10-27(22)23(29)16-6-8-20-21(11-16)26-14-25-20/h5-8,11,13-14,18,22,28H,3-4,9-10,12H2,1-2H3,(H,25,26)/t18-,22+,24+/m0/s1. The first-order valence-electron chi connectivity index (χ1n) is 10.6. The Morgan fingerprint density at radius 2 is 2.14 bits per heavy atom. The van der Waals surface area contributed by atoms with E-state index in [9.17, 15) is 9.90 Å². The second kappa shape index (κ2) is 6.61. The van der Waals surface area contributed by atoms with Crippen molar-refractivity contribution in [3.63, 3.8) is 0 Å². The molecule has 5 rings (SSSR count). The first-order valence-corrected chi connectivity index (χ1v) is 10.6. The molecule has 1 amide bonds. The third kappa shape index (κ3) is 2.60. The molecule has 1 fully saturated rings. The molecule has 3 atom stereocenters. The van der Waals surface area contributed by atoms with Crippen LogP contribution in [0, 0.1) is 5.92 Å². The molecule has 150 valence electrons. The summed E-state index contributed by atoms with van der Waals surface area (Å²) in [5.74, 6) is 0.850. The lowest BCUT2D eigenvalue weighted by molar-refractivity contribution is 0.0111. The maximum atomic E-state index is 13.5. The molecule has 0 spiro atoms. The zero-order chi connectivity index (χ0) is 20.2. The Morgan fingerprint density at radius 1 is 1.28 bits per heavy atom. The number of nitrogens with zero attached hydrogens (tertiary/aromatic N) is 2. The number of nitrogens with one attached hydrogen (secondary N) is 1. The van der Waals surface area contributed by atoms with Crippen molar-refractivity contribution in [2.24, 2.45) is 5.92 Å². The van der Waals surface area contributed by atoms with Gasteiger partial charge in [0.25, 0.3) is 5.91 Å². The SMILES string of the molecule is CC[C@H]1[C@H]2Cc3ccc(O)cc3[C@]1(CC)CCN2C(=O)c1ccc2nc[nH]c2c1. The summed E-state index contributed by atoms with van der Waals surface area (Å²) >= 11 is 0. The number of aromatic amines is 1. The molecule has 1 saturated heterocycles. The van der Waals surface area contributed by atoms with E-state index in [1.54, 1.807) is 12.4 Å². The fourth-order valence-electron chi connectivity index (χ4n) is 6.05. The normalized spacial score (nSPS) is 25.8. The first-order chi connectivity index (χ1) is 14.1. The van der Waals surface area contributed by atoms with Gasteiger partial charge >= 0.3 is 0 Å². The van der Waals surface area contributed by atoms with Gasteiger partial charge in [-0.3, -0.25) is 4.79 Å². The Kier molecular flexibility index (Phi) is 4.16. The summed E-state index contributed by atoms with van der Waals surface area (Å²) in [6.07, 6.45) is 5.51. The number of piperidine rings is 1. The Bertz CT molecular complexity index is 1090. The molecule has 0 radical (unpaired) electrons. The fraction of sp³-hybridized carbons (Fsp3) is 0.417. The molecule has 2 N–H and O–H groups in total. The van der Waals surface area contributed by atoms with Crippen LogP contribution in [0.15, 0.2) is 42.7 Å². The van der Waals surface area contributed by atoms with Gasteiger partial charge in [0.05, 0.1) is 17.4 Å². The van der Waals surface area contributed by atoms with E-state index in [-0.39, 0.29) is 17.4 Å². The van der Waals surface area contributed by atoms with Crippen molar-refractivity contribution in [2.75, 3.05) is 6.54 Å². The number of likely N-dealkylation sites (tertiary alicyclic amines) is 1. The van der Waals surface area contributed by atoms with E-state index in [0.29, 0.717) is 11.7 Å². The number of amides is 1. The van der Waals surface area contributed by atoms with Crippen LogP contribution in [0.3, 0.4) is 0 Å². The van der Waals surface area contributed by atoms with Crippen molar-refractivity contribution in [2.45, 2.75) is 51.0 Å². The molecule has 29 heavy (non-hydrogen) atoms. The number of carbonyl (C=O) groups is 1. The van der Waals surface area contributed by atoms with E-state index in [1.165, 1.54) is 11.1 Å². The topological polar surface area (TPSA) is 69.2 Å². The van der Waals surface area contributed by atoms with Gasteiger partial charge in [-0.05, 0) is 66.6 Å². The van der Waals surface area contributed by atoms with E-state index in [1.807, 2.05) is 24.3 Å². The van der Waals surface area contributed by atoms with Crippen molar-refractivity contribution < 1.29 is 9.90 Å². The summed E-state index contributed by atoms with van der Waals surface area (Å²) in [4.78, 5) is 23.0. The third-order valence-electron chi connectivity index (χ3n) is 7.43. The van der Waals surface area contributed by atoms with Crippen molar-refractivity contribution in [1.82, 2.24) is 14.9 Å². The highest BCUT2D eigenvalue weighted by atomic mass is 16.3. The summed E-state index contributed by atoms with van der Waals surface area (Å²) in [6, 6.07) is 11.7. The van der Waals surface area contributed by atoms with E-state index in [4.69, 9.17) is 0 Å². The number of carbonyl (C=O) groups excluding carboxylic acids is 1. The summed E-state index contributed by atoms with van der Waals surface area (Å²) in [5, 5.41) is 10.1. The molecule has 0 unspecified atom stereocenters. The van der Waals surface area contributed by atoms with Crippen LogP contribution < -0.4 is 0 Å². The van der Waals surface area contributed by atoms with Crippen LogP contribution >= 0.6 is 0 Å². The van der Waals surface area contributed by atoms with Crippen molar-refractivity contribution in [1.29, 1.82) is 0 Å².